The van der Waals surface area contributed by atoms with Crippen molar-refractivity contribution in [3.8, 4) is 0 Å². The average molecular weight is 315 g/mol. The van der Waals surface area contributed by atoms with Crippen LogP contribution in [0, 0.1) is 0 Å². The Morgan fingerprint density at radius 3 is 2.43 bits per heavy atom. The third kappa shape index (κ3) is 12.5. The summed E-state index contributed by atoms with van der Waals surface area (Å²) in [6, 6.07) is -0.755. The third-order valence-electron chi connectivity index (χ3n) is 3.16. The lowest BCUT2D eigenvalue weighted by molar-refractivity contribution is -0.141. The van der Waals surface area contributed by atoms with Crippen molar-refractivity contribution in [2.75, 3.05) is 12.0 Å². The Morgan fingerprint density at radius 2 is 1.86 bits per heavy atom. The maximum absolute atomic E-state index is 11.7. The second-order valence-electron chi connectivity index (χ2n) is 5.10. The van der Waals surface area contributed by atoms with Gasteiger partial charge in [0.05, 0.1) is 0 Å². The molecule has 4 nitrogen and oxygen atoms in total. The zero-order chi connectivity index (χ0) is 15.9. The van der Waals surface area contributed by atoms with Gasteiger partial charge < -0.3 is 10.4 Å². The molecule has 0 aromatic carbocycles. The summed E-state index contributed by atoms with van der Waals surface area (Å²) in [6.45, 7) is 2.19. The summed E-state index contributed by atoms with van der Waals surface area (Å²) in [5, 5.41) is 11.6. The Bertz CT molecular complexity index is 319. The molecule has 1 unspecified atom stereocenters. The van der Waals surface area contributed by atoms with Gasteiger partial charge in [0.2, 0.25) is 5.91 Å². The predicted molar refractivity (Wildman–Crippen MR) is 89.7 cm³/mol. The molecule has 1 amide bonds. The Kier molecular flexibility index (Phi) is 13.3. The van der Waals surface area contributed by atoms with Crippen molar-refractivity contribution < 1.29 is 14.7 Å². The molecule has 122 valence electrons. The first-order chi connectivity index (χ1) is 10.1. The van der Waals surface area contributed by atoms with Gasteiger partial charge in [-0.2, -0.15) is 11.8 Å². The third-order valence-corrected chi connectivity index (χ3v) is 3.80. The van der Waals surface area contributed by atoms with Gasteiger partial charge in [-0.05, 0) is 44.1 Å². The van der Waals surface area contributed by atoms with Crippen molar-refractivity contribution in [2.24, 2.45) is 0 Å². The van der Waals surface area contributed by atoms with Gasteiger partial charge in [-0.25, -0.2) is 4.79 Å². The maximum atomic E-state index is 11.7. The zero-order valence-corrected chi connectivity index (χ0v) is 14.1. The lowest BCUT2D eigenvalue weighted by atomic mass is 10.1. The van der Waals surface area contributed by atoms with Crippen LogP contribution in [0.1, 0.15) is 58.3 Å². The van der Waals surface area contributed by atoms with Crippen LogP contribution in [-0.2, 0) is 9.59 Å². The number of thioether (sulfide) groups is 1. The van der Waals surface area contributed by atoms with Gasteiger partial charge in [-0.15, -0.1) is 0 Å². The summed E-state index contributed by atoms with van der Waals surface area (Å²) in [5.74, 6) is -0.381. The number of carbonyl (C=O) groups is 2. The number of hydrogen-bond acceptors (Lipinski definition) is 3. The number of carbonyl (C=O) groups excluding carboxylic acids is 1. The normalized spacial score (nSPS) is 12.5. The number of rotatable bonds is 13. The standard InChI is InChI=1S/C16H29NO3S/c1-3-4-5-6-7-8-9-10-11-15(18)17-14(16(19)20)12-13-21-2/h7-8,14H,3-6,9-13H2,1-2H3,(H,17,18)(H,19,20). The molecule has 0 radical (unpaired) electrons. The predicted octanol–water partition coefficient (Wildman–Crippen LogP) is 3.62. The lowest BCUT2D eigenvalue weighted by Crippen LogP contribution is -2.41. The fourth-order valence-corrected chi connectivity index (χ4v) is 2.36. The van der Waals surface area contributed by atoms with Gasteiger partial charge >= 0.3 is 5.97 Å². The number of hydrogen-bond donors (Lipinski definition) is 2. The fraction of sp³-hybridized carbons (Fsp3) is 0.750. The van der Waals surface area contributed by atoms with Crippen molar-refractivity contribution >= 4 is 23.6 Å². The van der Waals surface area contributed by atoms with Crippen LogP contribution in [0.15, 0.2) is 12.2 Å². The molecule has 0 rings (SSSR count). The first-order valence-electron chi connectivity index (χ1n) is 7.77. The van der Waals surface area contributed by atoms with Crippen molar-refractivity contribution in [2.45, 2.75) is 64.3 Å². The van der Waals surface area contributed by atoms with E-state index < -0.39 is 12.0 Å². The summed E-state index contributed by atoms with van der Waals surface area (Å²) < 4.78 is 0. The largest absolute Gasteiger partial charge is 0.480 e. The van der Waals surface area contributed by atoms with E-state index >= 15 is 0 Å². The molecule has 1 atom stereocenters. The molecule has 21 heavy (non-hydrogen) atoms. The molecule has 0 fully saturated rings. The smallest absolute Gasteiger partial charge is 0.326 e. The van der Waals surface area contributed by atoms with E-state index in [0.29, 0.717) is 12.8 Å². The molecule has 0 bridgehead atoms. The molecule has 0 spiro atoms. The number of carboxylic acid groups (broad SMARTS) is 1. The Balaban J connectivity index is 3.75. The van der Waals surface area contributed by atoms with Crippen LogP contribution in [0.2, 0.25) is 0 Å². The molecule has 5 heteroatoms. The maximum Gasteiger partial charge on any atom is 0.326 e. The van der Waals surface area contributed by atoms with E-state index in [0.717, 1.165) is 25.0 Å². The monoisotopic (exact) mass is 315 g/mol. The van der Waals surface area contributed by atoms with Crippen molar-refractivity contribution in [3.63, 3.8) is 0 Å². The molecule has 0 aliphatic rings. The summed E-state index contributed by atoms with van der Waals surface area (Å²) in [5.41, 5.74) is 0. The van der Waals surface area contributed by atoms with Gasteiger partial charge in [-0.1, -0.05) is 31.9 Å². The SMILES string of the molecule is CCCCCC=CCCCC(=O)NC(CCSC)C(=O)O. The van der Waals surface area contributed by atoms with Crippen molar-refractivity contribution in [1.29, 1.82) is 0 Å². The topological polar surface area (TPSA) is 66.4 Å². The van der Waals surface area contributed by atoms with Crippen LogP contribution >= 0.6 is 11.8 Å². The molecule has 0 heterocycles. The number of allylic oxidation sites excluding steroid dienone is 2. The first kappa shape index (κ1) is 20.0. The molecule has 0 aliphatic heterocycles. The van der Waals surface area contributed by atoms with E-state index in [9.17, 15) is 9.59 Å². The van der Waals surface area contributed by atoms with E-state index in [1.807, 2.05) is 6.26 Å². The van der Waals surface area contributed by atoms with E-state index in [1.165, 1.54) is 19.3 Å². The number of nitrogens with one attached hydrogen (secondary N) is 1. The number of unbranched alkanes of at least 4 members (excludes halogenated alkanes) is 4. The Hall–Kier alpha value is -0.970. The molecule has 0 aromatic heterocycles. The van der Waals surface area contributed by atoms with Crippen LogP contribution < -0.4 is 5.32 Å². The van der Waals surface area contributed by atoms with Gasteiger partial charge in [0.15, 0.2) is 0 Å². The zero-order valence-electron chi connectivity index (χ0n) is 13.3. The van der Waals surface area contributed by atoms with E-state index in [1.54, 1.807) is 11.8 Å². The molecule has 0 saturated carbocycles. The lowest BCUT2D eigenvalue weighted by Gasteiger charge is -2.13. The fourth-order valence-electron chi connectivity index (χ4n) is 1.89. The summed E-state index contributed by atoms with van der Waals surface area (Å²) >= 11 is 1.58. The Labute approximate surface area is 132 Å². The van der Waals surface area contributed by atoms with Crippen LogP contribution in [0.3, 0.4) is 0 Å². The number of aliphatic carboxylic acids is 1. The molecule has 2 N–H and O–H groups in total. The van der Waals surface area contributed by atoms with Crippen molar-refractivity contribution in [3.05, 3.63) is 12.2 Å². The van der Waals surface area contributed by atoms with E-state index in [-0.39, 0.29) is 5.91 Å². The molecule has 0 saturated heterocycles. The molecule has 0 aliphatic carbocycles. The highest BCUT2D eigenvalue weighted by Crippen LogP contribution is 2.04. The Morgan fingerprint density at radius 1 is 1.19 bits per heavy atom. The minimum absolute atomic E-state index is 0.164. The van der Waals surface area contributed by atoms with E-state index in [4.69, 9.17) is 5.11 Å². The van der Waals surface area contributed by atoms with Gasteiger partial charge in [0, 0.05) is 6.42 Å². The highest BCUT2D eigenvalue weighted by atomic mass is 32.2. The molecular formula is C16H29NO3S. The highest BCUT2D eigenvalue weighted by Gasteiger charge is 2.18. The second-order valence-corrected chi connectivity index (χ2v) is 6.08. The summed E-state index contributed by atoms with van der Waals surface area (Å²) in [6.07, 6.45) is 13.5. The highest BCUT2D eigenvalue weighted by molar-refractivity contribution is 7.98. The van der Waals surface area contributed by atoms with Gasteiger partial charge in [0.25, 0.3) is 0 Å². The molecule has 0 aromatic rings. The van der Waals surface area contributed by atoms with Crippen LogP contribution in [0.25, 0.3) is 0 Å². The summed E-state index contributed by atoms with van der Waals surface area (Å²) in [4.78, 5) is 22.7. The summed E-state index contributed by atoms with van der Waals surface area (Å²) in [7, 11) is 0. The van der Waals surface area contributed by atoms with Crippen LogP contribution in [-0.4, -0.2) is 35.0 Å². The first-order valence-corrected chi connectivity index (χ1v) is 9.17. The second kappa shape index (κ2) is 14.0. The van der Waals surface area contributed by atoms with Crippen LogP contribution in [0.5, 0.6) is 0 Å². The molecular weight excluding hydrogens is 286 g/mol. The minimum Gasteiger partial charge on any atom is -0.480 e. The van der Waals surface area contributed by atoms with Gasteiger partial charge in [-0.3, -0.25) is 4.79 Å². The van der Waals surface area contributed by atoms with E-state index in [2.05, 4.69) is 24.4 Å². The minimum atomic E-state index is -0.951. The number of amides is 1. The number of carboxylic acids is 1. The van der Waals surface area contributed by atoms with Gasteiger partial charge in [0.1, 0.15) is 6.04 Å². The van der Waals surface area contributed by atoms with Crippen LogP contribution in [0.4, 0.5) is 0 Å². The van der Waals surface area contributed by atoms with Crippen molar-refractivity contribution in [1.82, 2.24) is 5.32 Å². The quantitative estimate of drug-likeness (QED) is 0.402. The average Bonchev–Trinajstić information content (AvgIpc) is 2.46.